The molecule has 0 aliphatic carbocycles. The lowest BCUT2D eigenvalue weighted by Crippen LogP contribution is -2.29. The van der Waals surface area contributed by atoms with Crippen molar-refractivity contribution in [3.8, 4) is 11.8 Å². The van der Waals surface area contributed by atoms with Gasteiger partial charge in [-0.05, 0) is 51.7 Å². The summed E-state index contributed by atoms with van der Waals surface area (Å²) in [5, 5.41) is 21.8. The highest BCUT2D eigenvalue weighted by Crippen LogP contribution is 2.25. The van der Waals surface area contributed by atoms with Gasteiger partial charge in [-0.3, -0.25) is 4.79 Å². The van der Waals surface area contributed by atoms with E-state index in [1.54, 1.807) is 12.1 Å². The smallest absolute Gasteiger partial charge is 0.262 e. The van der Waals surface area contributed by atoms with Crippen LogP contribution in [-0.2, 0) is 4.79 Å². The molecule has 0 saturated carbocycles. The molecule has 0 fully saturated rings. The quantitative estimate of drug-likeness (QED) is 0.545. The highest BCUT2D eigenvalue weighted by atomic mass is 79.9. The van der Waals surface area contributed by atoms with Gasteiger partial charge in [0.2, 0.25) is 0 Å². The SMILES string of the molecule is CCC[C@H](NC(=O)/C(C#N)=C/c1ccc(O)c(Br)c1)c1ccccc1. The maximum atomic E-state index is 12.5. The second-order valence-electron chi connectivity index (χ2n) is 5.61. The van der Waals surface area contributed by atoms with Gasteiger partial charge >= 0.3 is 0 Å². The van der Waals surface area contributed by atoms with E-state index < -0.39 is 5.91 Å². The third-order valence-corrected chi connectivity index (χ3v) is 4.37. The van der Waals surface area contributed by atoms with Gasteiger partial charge in [-0.15, -0.1) is 0 Å². The number of nitriles is 1. The minimum Gasteiger partial charge on any atom is -0.507 e. The van der Waals surface area contributed by atoms with Gasteiger partial charge in [-0.2, -0.15) is 5.26 Å². The molecule has 2 aromatic carbocycles. The molecule has 0 aliphatic rings. The average molecular weight is 399 g/mol. The molecule has 0 aliphatic heterocycles. The highest BCUT2D eigenvalue weighted by Gasteiger charge is 2.16. The zero-order valence-corrected chi connectivity index (χ0v) is 15.5. The summed E-state index contributed by atoms with van der Waals surface area (Å²) < 4.78 is 0.507. The number of nitrogens with one attached hydrogen (secondary N) is 1. The Morgan fingerprint density at radius 1 is 1.32 bits per heavy atom. The van der Waals surface area contributed by atoms with E-state index in [0.717, 1.165) is 18.4 Å². The van der Waals surface area contributed by atoms with Gasteiger partial charge in [-0.25, -0.2) is 0 Å². The number of phenols is 1. The molecule has 1 amide bonds. The Morgan fingerprint density at radius 3 is 2.64 bits per heavy atom. The lowest BCUT2D eigenvalue weighted by Gasteiger charge is -2.18. The Balaban J connectivity index is 2.22. The van der Waals surface area contributed by atoms with E-state index in [4.69, 9.17) is 0 Å². The van der Waals surface area contributed by atoms with Gasteiger partial charge in [-0.1, -0.05) is 49.7 Å². The average Bonchev–Trinajstić information content (AvgIpc) is 2.62. The van der Waals surface area contributed by atoms with Gasteiger partial charge in [0, 0.05) is 0 Å². The van der Waals surface area contributed by atoms with Crippen LogP contribution >= 0.6 is 15.9 Å². The van der Waals surface area contributed by atoms with Crippen LogP contribution in [0.15, 0.2) is 58.6 Å². The summed E-state index contributed by atoms with van der Waals surface area (Å²) in [6.07, 6.45) is 3.21. The van der Waals surface area contributed by atoms with Gasteiger partial charge in [0.05, 0.1) is 10.5 Å². The Morgan fingerprint density at radius 2 is 2.04 bits per heavy atom. The number of rotatable bonds is 6. The van der Waals surface area contributed by atoms with E-state index in [9.17, 15) is 15.2 Å². The second kappa shape index (κ2) is 9.05. The number of hydrogen-bond donors (Lipinski definition) is 2. The third-order valence-electron chi connectivity index (χ3n) is 3.73. The summed E-state index contributed by atoms with van der Waals surface area (Å²) >= 11 is 3.22. The first-order valence-electron chi connectivity index (χ1n) is 8.01. The Bertz CT molecular complexity index is 810. The molecule has 0 heterocycles. The van der Waals surface area contributed by atoms with E-state index in [1.165, 1.54) is 12.1 Å². The van der Waals surface area contributed by atoms with Crippen LogP contribution in [0.2, 0.25) is 0 Å². The van der Waals surface area contributed by atoms with Crippen LogP contribution < -0.4 is 5.32 Å². The molecule has 0 aromatic heterocycles. The summed E-state index contributed by atoms with van der Waals surface area (Å²) in [5.41, 5.74) is 1.69. The number of carbonyl (C=O) groups is 1. The first kappa shape index (κ1) is 18.8. The van der Waals surface area contributed by atoms with Crippen molar-refractivity contribution in [3.63, 3.8) is 0 Å². The number of amides is 1. The topological polar surface area (TPSA) is 73.1 Å². The molecule has 1 atom stereocenters. The number of hydrogen-bond acceptors (Lipinski definition) is 3. The minimum absolute atomic E-state index is 0.0228. The fourth-order valence-electron chi connectivity index (χ4n) is 2.46. The third kappa shape index (κ3) is 5.20. The normalized spacial score (nSPS) is 12.3. The van der Waals surface area contributed by atoms with E-state index in [-0.39, 0.29) is 17.4 Å². The number of halogens is 1. The summed E-state index contributed by atoms with van der Waals surface area (Å²) in [6.45, 7) is 2.05. The number of carbonyl (C=O) groups excluding carboxylic acids is 1. The summed E-state index contributed by atoms with van der Waals surface area (Å²) in [7, 11) is 0. The van der Waals surface area contributed by atoms with Crippen molar-refractivity contribution in [1.82, 2.24) is 5.32 Å². The molecular formula is C20H19BrN2O2. The lowest BCUT2D eigenvalue weighted by molar-refractivity contribution is -0.117. The molecule has 0 bridgehead atoms. The minimum atomic E-state index is -0.408. The van der Waals surface area contributed by atoms with Crippen molar-refractivity contribution < 1.29 is 9.90 Å². The summed E-state index contributed by atoms with van der Waals surface area (Å²) in [5.74, 6) is -0.304. The van der Waals surface area contributed by atoms with E-state index in [2.05, 4.69) is 28.2 Å². The number of benzene rings is 2. The zero-order valence-electron chi connectivity index (χ0n) is 13.9. The molecule has 128 valence electrons. The van der Waals surface area contributed by atoms with Crippen molar-refractivity contribution in [2.75, 3.05) is 0 Å². The summed E-state index contributed by atoms with van der Waals surface area (Å²) in [4.78, 5) is 12.5. The van der Waals surface area contributed by atoms with E-state index in [1.807, 2.05) is 36.4 Å². The Hall–Kier alpha value is -2.58. The van der Waals surface area contributed by atoms with Gasteiger partial charge in [0.15, 0.2) is 0 Å². The van der Waals surface area contributed by atoms with Crippen LogP contribution in [0.5, 0.6) is 5.75 Å². The molecular weight excluding hydrogens is 380 g/mol. The molecule has 0 spiro atoms. The summed E-state index contributed by atoms with van der Waals surface area (Å²) in [6, 6.07) is 16.3. The van der Waals surface area contributed by atoms with Crippen LogP contribution in [0, 0.1) is 11.3 Å². The molecule has 0 unspecified atom stereocenters. The van der Waals surface area contributed by atoms with Crippen molar-refractivity contribution in [1.29, 1.82) is 5.26 Å². The van der Waals surface area contributed by atoms with Gasteiger partial charge in [0.1, 0.15) is 17.4 Å². The molecule has 0 saturated heterocycles. The maximum Gasteiger partial charge on any atom is 0.262 e. The van der Waals surface area contributed by atoms with E-state index >= 15 is 0 Å². The fourth-order valence-corrected chi connectivity index (χ4v) is 2.86. The van der Waals surface area contributed by atoms with Crippen molar-refractivity contribution in [2.45, 2.75) is 25.8 Å². The number of phenolic OH excluding ortho intramolecular Hbond substituents is 1. The Kier molecular flexibility index (Phi) is 6.79. The fraction of sp³-hybridized carbons (Fsp3) is 0.200. The van der Waals surface area contributed by atoms with Crippen LogP contribution in [-0.4, -0.2) is 11.0 Å². The van der Waals surface area contributed by atoms with Crippen molar-refractivity contribution in [2.24, 2.45) is 0 Å². The lowest BCUT2D eigenvalue weighted by atomic mass is 10.0. The number of aromatic hydroxyl groups is 1. The molecule has 5 heteroatoms. The van der Waals surface area contributed by atoms with Crippen molar-refractivity contribution in [3.05, 3.63) is 69.7 Å². The molecule has 2 rings (SSSR count). The van der Waals surface area contributed by atoms with Gasteiger partial charge in [0.25, 0.3) is 5.91 Å². The number of nitrogens with zero attached hydrogens (tertiary/aromatic N) is 1. The van der Waals surface area contributed by atoms with Crippen LogP contribution in [0.4, 0.5) is 0 Å². The maximum absolute atomic E-state index is 12.5. The Labute approximate surface area is 155 Å². The van der Waals surface area contributed by atoms with Gasteiger partial charge < -0.3 is 10.4 Å². The van der Waals surface area contributed by atoms with E-state index in [0.29, 0.717) is 10.0 Å². The standard InChI is InChI=1S/C20H19BrN2O2/c1-2-6-18(15-7-4-3-5-8-15)23-20(25)16(13-22)11-14-9-10-19(24)17(21)12-14/h3-5,7-12,18,24H,2,6H2,1H3,(H,23,25)/b16-11+/t18-/m0/s1. The molecule has 4 nitrogen and oxygen atoms in total. The van der Waals surface area contributed by atoms with Crippen LogP contribution in [0.3, 0.4) is 0 Å². The second-order valence-corrected chi connectivity index (χ2v) is 6.46. The van der Waals surface area contributed by atoms with Crippen molar-refractivity contribution >= 4 is 27.9 Å². The largest absolute Gasteiger partial charge is 0.507 e. The predicted molar refractivity (Wildman–Crippen MR) is 102 cm³/mol. The molecule has 0 radical (unpaired) electrons. The first-order chi connectivity index (χ1) is 12.0. The van der Waals surface area contributed by atoms with Crippen LogP contribution in [0.25, 0.3) is 6.08 Å². The van der Waals surface area contributed by atoms with Crippen LogP contribution in [0.1, 0.15) is 36.9 Å². The first-order valence-corrected chi connectivity index (χ1v) is 8.80. The molecule has 2 aromatic rings. The predicted octanol–water partition coefficient (Wildman–Crippen LogP) is 4.72. The molecule has 2 N–H and O–H groups in total. The monoisotopic (exact) mass is 398 g/mol. The zero-order chi connectivity index (χ0) is 18.2. The molecule has 25 heavy (non-hydrogen) atoms. The highest BCUT2D eigenvalue weighted by molar-refractivity contribution is 9.10.